The Balaban J connectivity index is 3.92. The van der Waals surface area contributed by atoms with E-state index < -0.39 is 0 Å². The van der Waals surface area contributed by atoms with Gasteiger partial charge < -0.3 is 20.9 Å². The second kappa shape index (κ2) is 10.8. The summed E-state index contributed by atoms with van der Waals surface area (Å²) in [6.07, 6.45) is 3.47. The van der Waals surface area contributed by atoms with E-state index in [9.17, 15) is 14.4 Å². The topological polar surface area (TPSA) is 99.7 Å². The average Bonchev–Trinajstić information content (AvgIpc) is 2.49. The molecule has 0 fully saturated rings. The van der Waals surface area contributed by atoms with E-state index in [4.69, 9.17) is 0 Å². The predicted octanol–water partition coefficient (Wildman–Crippen LogP) is 1.38. The van der Waals surface area contributed by atoms with Gasteiger partial charge in [0.1, 0.15) is 6.29 Å². The van der Waals surface area contributed by atoms with Crippen molar-refractivity contribution in [1.82, 2.24) is 16.1 Å². The Hall–Kier alpha value is -1.92. The van der Waals surface area contributed by atoms with Gasteiger partial charge in [0, 0.05) is 26.1 Å². The highest BCUT2D eigenvalue weighted by Gasteiger charge is 2.36. The molecule has 0 unspecified atom stereocenters. The third kappa shape index (κ3) is 8.64. The Morgan fingerprint density at radius 3 is 2.08 bits per heavy atom. The number of hydrogen-bond acceptors (Lipinski definition) is 5. The molecule has 3 N–H and O–H groups in total. The molecule has 0 aromatic rings. The van der Waals surface area contributed by atoms with Gasteiger partial charge in [0.2, 0.25) is 11.8 Å². The van der Waals surface area contributed by atoms with Crippen LogP contribution in [0.25, 0.3) is 0 Å². The highest BCUT2D eigenvalue weighted by Crippen LogP contribution is 2.33. The summed E-state index contributed by atoms with van der Waals surface area (Å²) in [7, 11) is 0. The van der Waals surface area contributed by atoms with E-state index in [1.54, 1.807) is 0 Å². The van der Waals surface area contributed by atoms with Crippen molar-refractivity contribution >= 4 is 24.8 Å². The third-order valence-electron chi connectivity index (χ3n) is 4.56. The predicted molar refractivity (Wildman–Crippen MR) is 95.7 cm³/mol. The summed E-state index contributed by atoms with van der Waals surface area (Å²) in [5, 5.41) is 9.15. The van der Waals surface area contributed by atoms with Gasteiger partial charge in [0.05, 0.1) is 12.1 Å². The van der Waals surface area contributed by atoms with E-state index in [2.05, 4.69) is 55.6 Å². The molecule has 0 heterocycles. The van der Waals surface area contributed by atoms with E-state index in [0.29, 0.717) is 38.5 Å². The Morgan fingerprint density at radius 1 is 1.04 bits per heavy atom. The molecule has 0 aromatic heterocycles. The summed E-state index contributed by atoms with van der Waals surface area (Å²) in [5.41, 5.74) is 2.71. The lowest BCUT2D eigenvalue weighted by molar-refractivity contribution is -0.123. The van der Waals surface area contributed by atoms with Crippen molar-refractivity contribution < 1.29 is 14.4 Å². The molecular formula is C17H32N4O3. The van der Waals surface area contributed by atoms with E-state index in [-0.39, 0.29) is 29.3 Å². The first-order valence-electron chi connectivity index (χ1n) is 8.36. The van der Waals surface area contributed by atoms with Crippen molar-refractivity contribution in [3.63, 3.8) is 0 Å². The van der Waals surface area contributed by atoms with Crippen LogP contribution >= 0.6 is 0 Å². The lowest BCUT2D eigenvalue weighted by Crippen LogP contribution is -2.50. The Kier molecular flexibility index (Phi) is 9.92. The number of nitrogens with one attached hydrogen (secondary N) is 3. The smallest absolute Gasteiger partial charge is 0.220 e. The Morgan fingerprint density at radius 2 is 1.58 bits per heavy atom. The largest absolute Gasteiger partial charge is 0.356 e. The maximum atomic E-state index is 11.8. The van der Waals surface area contributed by atoms with Gasteiger partial charge in [-0.3, -0.25) is 9.59 Å². The first-order valence-corrected chi connectivity index (χ1v) is 8.36. The van der Waals surface area contributed by atoms with Gasteiger partial charge in [-0.2, -0.15) is 5.10 Å². The first-order chi connectivity index (χ1) is 11.2. The minimum absolute atomic E-state index is 0.00768. The summed E-state index contributed by atoms with van der Waals surface area (Å²) in [6.45, 7) is 12.4. The van der Waals surface area contributed by atoms with Crippen LogP contribution in [0.2, 0.25) is 0 Å². The van der Waals surface area contributed by atoms with Crippen molar-refractivity contribution in [2.45, 2.75) is 65.3 Å². The number of carbonyl (C=O) groups excluding carboxylic acids is 3. The lowest BCUT2D eigenvalue weighted by Gasteiger charge is -2.41. The number of carbonyl (C=O) groups is 3. The number of nitrogens with zero attached hydrogens (tertiary/aromatic N) is 1. The van der Waals surface area contributed by atoms with Crippen LogP contribution in [0.3, 0.4) is 0 Å². The number of aldehydes is 1. The number of rotatable bonds is 13. The second-order valence-corrected chi connectivity index (χ2v) is 7.06. The minimum Gasteiger partial charge on any atom is -0.356 e. The quantitative estimate of drug-likeness (QED) is 0.204. The number of hydrazone groups is 1. The van der Waals surface area contributed by atoms with Crippen molar-refractivity contribution in [3.8, 4) is 0 Å². The minimum atomic E-state index is -0.228. The van der Waals surface area contributed by atoms with E-state index in [1.165, 1.54) is 0 Å². The number of hydrogen-bond donors (Lipinski definition) is 3. The molecule has 138 valence electrons. The van der Waals surface area contributed by atoms with Gasteiger partial charge in [0.15, 0.2) is 0 Å². The standard InChI is InChI=1S/C17H32N4O3/c1-16(2,17(3,4)21-18-5)10-11-19-14(23)8-6-7-9-15(24)20-12-13-22/h13,21H,5-12H2,1-4H3,(H,19,23)(H,20,24). The number of amides is 2. The van der Waals surface area contributed by atoms with Crippen LogP contribution in [0.5, 0.6) is 0 Å². The first kappa shape index (κ1) is 22.1. The van der Waals surface area contributed by atoms with Gasteiger partial charge in [-0.25, -0.2) is 0 Å². The highest BCUT2D eigenvalue weighted by molar-refractivity contribution is 5.78. The van der Waals surface area contributed by atoms with Gasteiger partial charge in [0.25, 0.3) is 0 Å². The molecule has 0 saturated carbocycles. The SMILES string of the molecule is C=NNC(C)(C)C(C)(C)CCNC(=O)CCCCC(=O)NCC=O. The van der Waals surface area contributed by atoms with Gasteiger partial charge >= 0.3 is 0 Å². The monoisotopic (exact) mass is 340 g/mol. The molecule has 0 atom stereocenters. The molecule has 0 radical (unpaired) electrons. The maximum Gasteiger partial charge on any atom is 0.220 e. The van der Waals surface area contributed by atoms with E-state index in [1.807, 2.05) is 0 Å². The molecular weight excluding hydrogens is 308 g/mol. The summed E-state index contributed by atoms with van der Waals surface area (Å²) < 4.78 is 0. The van der Waals surface area contributed by atoms with Crippen molar-refractivity contribution in [1.29, 1.82) is 0 Å². The van der Waals surface area contributed by atoms with Gasteiger partial charge in [-0.1, -0.05) is 13.8 Å². The Bertz CT molecular complexity index is 434. The zero-order valence-corrected chi connectivity index (χ0v) is 15.4. The van der Waals surface area contributed by atoms with E-state index >= 15 is 0 Å². The summed E-state index contributed by atoms with van der Waals surface area (Å²) in [4.78, 5) is 33.2. The molecule has 0 aliphatic carbocycles. The maximum absolute atomic E-state index is 11.8. The van der Waals surface area contributed by atoms with Crippen LogP contribution in [0.1, 0.15) is 59.8 Å². The fourth-order valence-electron chi connectivity index (χ4n) is 2.08. The van der Waals surface area contributed by atoms with Crippen LogP contribution in [0, 0.1) is 5.41 Å². The van der Waals surface area contributed by atoms with Crippen LogP contribution in [-0.4, -0.2) is 43.4 Å². The zero-order chi connectivity index (χ0) is 18.6. The van der Waals surface area contributed by atoms with E-state index in [0.717, 1.165) is 6.42 Å². The molecule has 0 aliphatic rings. The summed E-state index contributed by atoms with van der Waals surface area (Å²) >= 11 is 0. The van der Waals surface area contributed by atoms with Crippen molar-refractivity contribution in [3.05, 3.63) is 0 Å². The fraction of sp³-hybridized carbons (Fsp3) is 0.765. The normalized spacial score (nSPS) is 11.5. The fourth-order valence-corrected chi connectivity index (χ4v) is 2.08. The van der Waals surface area contributed by atoms with Gasteiger partial charge in [-0.15, -0.1) is 0 Å². The second-order valence-electron chi connectivity index (χ2n) is 7.06. The molecule has 0 bridgehead atoms. The van der Waals surface area contributed by atoms with Gasteiger partial charge in [-0.05, 0) is 38.5 Å². The lowest BCUT2D eigenvalue weighted by atomic mass is 9.72. The molecule has 0 spiro atoms. The zero-order valence-electron chi connectivity index (χ0n) is 15.4. The molecule has 0 saturated heterocycles. The van der Waals surface area contributed by atoms with Crippen molar-refractivity contribution in [2.24, 2.45) is 10.5 Å². The molecule has 0 aliphatic heterocycles. The molecule has 24 heavy (non-hydrogen) atoms. The molecule has 2 amide bonds. The Labute approximate surface area is 145 Å². The van der Waals surface area contributed by atoms with Crippen LogP contribution < -0.4 is 16.1 Å². The number of unbranched alkanes of at least 4 members (excludes halogenated alkanes) is 1. The third-order valence-corrected chi connectivity index (χ3v) is 4.56. The highest BCUT2D eigenvalue weighted by atomic mass is 16.2. The average molecular weight is 340 g/mol. The summed E-state index contributed by atoms with van der Waals surface area (Å²) in [5.74, 6) is -0.165. The molecule has 0 rings (SSSR count). The van der Waals surface area contributed by atoms with Crippen LogP contribution in [0.4, 0.5) is 0 Å². The molecule has 7 heteroatoms. The molecule has 7 nitrogen and oxygen atoms in total. The van der Waals surface area contributed by atoms with Crippen LogP contribution in [-0.2, 0) is 14.4 Å². The van der Waals surface area contributed by atoms with Crippen LogP contribution in [0.15, 0.2) is 5.10 Å². The van der Waals surface area contributed by atoms with Crippen molar-refractivity contribution in [2.75, 3.05) is 13.1 Å². The summed E-state index contributed by atoms with van der Waals surface area (Å²) in [6, 6.07) is 0. The molecule has 0 aromatic carbocycles.